The Morgan fingerprint density at radius 1 is 1.18 bits per heavy atom. The predicted octanol–water partition coefficient (Wildman–Crippen LogP) is 4.24. The van der Waals surface area contributed by atoms with Gasteiger partial charge < -0.3 is 5.32 Å². The van der Waals surface area contributed by atoms with Crippen LogP contribution in [0.25, 0.3) is 0 Å². The van der Waals surface area contributed by atoms with Crippen molar-refractivity contribution in [1.29, 1.82) is 0 Å². The van der Waals surface area contributed by atoms with Crippen molar-refractivity contribution in [3.8, 4) is 0 Å². The lowest BCUT2D eigenvalue weighted by molar-refractivity contribution is -0.113. The lowest BCUT2D eigenvalue weighted by atomic mass is 10.2. The highest BCUT2D eigenvalue weighted by Gasteiger charge is 2.27. The lowest BCUT2D eigenvalue weighted by Crippen LogP contribution is -2.28. The van der Waals surface area contributed by atoms with Crippen LogP contribution in [-0.4, -0.2) is 37.5 Å². The number of hydrogen-bond donors (Lipinski definition) is 1. The second-order valence-electron chi connectivity index (χ2n) is 6.42. The second kappa shape index (κ2) is 9.39. The van der Waals surface area contributed by atoms with E-state index in [-0.39, 0.29) is 22.4 Å². The summed E-state index contributed by atoms with van der Waals surface area (Å²) in [6, 6.07) is 11.1. The number of nitrogens with zero attached hydrogens (tertiary/aromatic N) is 1. The third-order valence-corrected chi connectivity index (χ3v) is 7.70. The van der Waals surface area contributed by atoms with Crippen molar-refractivity contribution >= 4 is 49.3 Å². The molecule has 1 saturated heterocycles. The minimum atomic E-state index is -3.53. The van der Waals surface area contributed by atoms with Gasteiger partial charge in [0.05, 0.1) is 10.6 Å². The molecule has 0 atom stereocenters. The maximum Gasteiger partial charge on any atom is 0.243 e. The van der Waals surface area contributed by atoms with Crippen molar-refractivity contribution in [2.24, 2.45) is 0 Å². The predicted molar refractivity (Wildman–Crippen MR) is 113 cm³/mol. The number of thioether (sulfide) groups is 1. The fourth-order valence-electron chi connectivity index (χ4n) is 2.90. The Morgan fingerprint density at radius 2 is 1.93 bits per heavy atom. The van der Waals surface area contributed by atoms with Gasteiger partial charge in [-0.15, -0.1) is 11.8 Å². The molecule has 1 fully saturated rings. The molecule has 0 saturated carbocycles. The maximum atomic E-state index is 13.8. The first-order chi connectivity index (χ1) is 13.4. The molecule has 0 unspecified atom stereocenters. The van der Waals surface area contributed by atoms with Crippen LogP contribution in [0, 0.1) is 5.82 Å². The van der Waals surface area contributed by atoms with Gasteiger partial charge in [-0.1, -0.05) is 28.1 Å². The SMILES string of the molecule is O=C(CSCc1ccc(Br)cc1F)Nc1cccc(S(=O)(=O)N2CCCC2)c1. The molecule has 150 valence electrons. The van der Waals surface area contributed by atoms with Crippen molar-refractivity contribution in [1.82, 2.24) is 4.31 Å². The van der Waals surface area contributed by atoms with E-state index >= 15 is 0 Å². The molecule has 9 heteroatoms. The van der Waals surface area contributed by atoms with E-state index in [1.54, 1.807) is 24.3 Å². The molecule has 0 radical (unpaired) electrons. The van der Waals surface area contributed by atoms with Crippen molar-refractivity contribution in [2.75, 3.05) is 24.2 Å². The molecule has 1 N–H and O–H groups in total. The van der Waals surface area contributed by atoms with E-state index in [9.17, 15) is 17.6 Å². The minimum absolute atomic E-state index is 0.138. The maximum absolute atomic E-state index is 13.8. The van der Waals surface area contributed by atoms with E-state index < -0.39 is 10.0 Å². The highest BCUT2D eigenvalue weighted by Crippen LogP contribution is 2.24. The third-order valence-electron chi connectivity index (χ3n) is 4.33. The molecule has 2 aromatic carbocycles. The largest absolute Gasteiger partial charge is 0.325 e. The van der Waals surface area contributed by atoms with Crippen LogP contribution in [0.2, 0.25) is 0 Å². The number of rotatable bonds is 7. The fourth-order valence-corrected chi connectivity index (χ4v) is 5.61. The first kappa shape index (κ1) is 21.3. The molecular weight excluding hydrogens is 467 g/mol. The Balaban J connectivity index is 1.57. The smallest absolute Gasteiger partial charge is 0.243 e. The number of hydrogen-bond acceptors (Lipinski definition) is 4. The molecule has 0 aromatic heterocycles. The second-order valence-corrected chi connectivity index (χ2v) is 10.3. The molecule has 1 aliphatic heterocycles. The van der Waals surface area contributed by atoms with E-state index in [1.165, 1.54) is 34.3 Å². The van der Waals surface area contributed by atoms with Gasteiger partial charge in [-0.05, 0) is 48.7 Å². The monoisotopic (exact) mass is 486 g/mol. The highest BCUT2D eigenvalue weighted by molar-refractivity contribution is 9.10. The number of amides is 1. The Bertz CT molecular complexity index is 963. The van der Waals surface area contributed by atoms with E-state index in [0.717, 1.165) is 12.8 Å². The summed E-state index contributed by atoms with van der Waals surface area (Å²) < 4.78 is 41.2. The van der Waals surface area contributed by atoms with Gasteiger partial charge in [0.25, 0.3) is 0 Å². The zero-order valence-electron chi connectivity index (χ0n) is 15.0. The van der Waals surface area contributed by atoms with Gasteiger partial charge in [-0.25, -0.2) is 12.8 Å². The van der Waals surface area contributed by atoms with E-state index in [2.05, 4.69) is 21.2 Å². The standard InChI is InChI=1S/C19H20BrFN2O3S2/c20-15-7-6-14(18(21)10-15)12-27-13-19(24)22-16-4-3-5-17(11-16)28(25,26)23-8-1-2-9-23/h3-7,10-11H,1-2,8-9,12-13H2,(H,22,24). The quantitative estimate of drug-likeness (QED) is 0.635. The van der Waals surface area contributed by atoms with Crippen molar-refractivity contribution in [3.63, 3.8) is 0 Å². The highest BCUT2D eigenvalue weighted by atomic mass is 79.9. The molecule has 1 amide bonds. The minimum Gasteiger partial charge on any atom is -0.325 e. The summed E-state index contributed by atoms with van der Waals surface area (Å²) >= 11 is 4.50. The molecule has 1 heterocycles. The first-order valence-electron chi connectivity index (χ1n) is 8.78. The Hall–Kier alpha value is -1.42. The van der Waals surface area contributed by atoms with Gasteiger partial charge in [0.1, 0.15) is 5.82 Å². The van der Waals surface area contributed by atoms with Gasteiger partial charge in [0.15, 0.2) is 0 Å². The van der Waals surface area contributed by atoms with Crippen LogP contribution in [0.4, 0.5) is 10.1 Å². The van der Waals surface area contributed by atoms with E-state index in [0.29, 0.717) is 34.6 Å². The number of halogens is 2. The number of carbonyl (C=O) groups is 1. The molecule has 2 aromatic rings. The van der Waals surface area contributed by atoms with Crippen LogP contribution in [0.15, 0.2) is 51.8 Å². The summed E-state index contributed by atoms with van der Waals surface area (Å²) in [6.07, 6.45) is 1.73. The number of anilines is 1. The molecule has 5 nitrogen and oxygen atoms in total. The molecule has 28 heavy (non-hydrogen) atoms. The normalized spacial score (nSPS) is 14.9. The number of benzene rings is 2. The molecule has 0 bridgehead atoms. The van der Waals surface area contributed by atoms with Crippen molar-refractivity contribution in [2.45, 2.75) is 23.5 Å². The molecule has 1 aliphatic rings. The van der Waals surface area contributed by atoms with Crippen LogP contribution in [0.1, 0.15) is 18.4 Å². The van der Waals surface area contributed by atoms with E-state index in [4.69, 9.17) is 0 Å². The van der Waals surface area contributed by atoms with Crippen LogP contribution in [-0.2, 0) is 20.6 Å². The molecular formula is C19H20BrFN2O3S2. The van der Waals surface area contributed by atoms with Gasteiger partial charge in [-0.2, -0.15) is 4.31 Å². The Kier molecular flexibility index (Phi) is 7.14. The van der Waals surface area contributed by atoms with E-state index in [1.807, 2.05) is 0 Å². The molecule has 0 aliphatic carbocycles. The topological polar surface area (TPSA) is 66.5 Å². The Labute approximate surface area is 176 Å². The Morgan fingerprint density at radius 3 is 2.64 bits per heavy atom. The summed E-state index contributed by atoms with van der Waals surface area (Å²) in [5, 5.41) is 2.71. The number of sulfonamides is 1. The van der Waals surface area contributed by atoms with Gasteiger partial charge >= 0.3 is 0 Å². The molecule has 0 spiro atoms. The summed E-state index contributed by atoms with van der Waals surface area (Å²) in [4.78, 5) is 12.3. The van der Waals surface area contributed by atoms with Crippen LogP contribution >= 0.6 is 27.7 Å². The van der Waals surface area contributed by atoms with Gasteiger partial charge in [0.2, 0.25) is 15.9 Å². The summed E-state index contributed by atoms with van der Waals surface area (Å²) in [7, 11) is -3.53. The zero-order valence-corrected chi connectivity index (χ0v) is 18.2. The number of carbonyl (C=O) groups excluding carboxylic acids is 1. The summed E-state index contributed by atoms with van der Waals surface area (Å²) in [6.45, 7) is 1.06. The van der Waals surface area contributed by atoms with Crippen LogP contribution in [0.3, 0.4) is 0 Å². The summed E-state index contributed by atoms with van der Waals surface area (Å²) in [5.74, 6) is -0.0746. The average molecular weight is 487 g/mol. The average Bonchev–Trinajstić information content (AvgIpc) is 3.19. The zero-order chi connectivity index (χ0) is 20.1. The molecule has 3 rings (SSSR count). The van der Waals surface area contributed by atoms with Crippen molar-refractivity contribution < 1.29 is 17.6 Å². The lowest BCUT2D eigenvalue weighted by Gasteiger charge is -2.16. The van der Waals surface area contributed by atoms with Gasteiger partial charge in [0, 0.05) is 29.0 Å². The third kappa shape index (κ3) is 5.34. The first-order valence-corrected chi connectivity index (χ1v) is 12.2. The summed E-state index contributed by atoms with van der Waals surface area (Å²) in [5.41, 5.74) is 0.959. The van der Waals surface area contributed by atoms with Gasteiger partial charge in [-0.3, -0.25) is 4.79 Å². The van der Waals surface area contributed by atoms with Crippen LogP contribution in [0.5, 0.6) is 0 Å². The fraction of sp³-hybridized carbons (Fsp3) is 0.316. The number of nitrogens with one attached hydrogen (secondary N) is 1. The van der Waals surface area contributed by atoms with Crippen LogP contribution < -0.4 is 5.32 Å². The van der Waals surface area contributed by atoms with Crippen molar-refractivity contribution in [3.05, 3.63) is 58.3 Å².